The standard InChI is InChI=1S/C10H19NO/c1-8(10(2,3)12)11-9-6-4-5-7-9/h4-5,8-9,11-12H,6-7H2,1-3H3. The van der Waals surface area contributed by atoms with Crippen LogP contribution < -0.4 is 5.32 Å². The van der Waals surface area contributed by atoms with E-state index in [9.17, 15) is 5.11 Å². The number of aliphatic hydroxyl groups is 1. The van der Waals surface area contributed by atoms with Gasteiger partial charge in [0.1, 0.15) is 0 Å². The van der Waals surface area contributed by atoms with E-state index in [2.05, 4.69) is 17.5 Å². The summed E-state index contributed by atoms with van der Waals surface area (Å²) in [6.07, 6.45) is 6.57. The molecule has 2 nitrogen and oxygen atoms in total. The highest BCUT2D eigenvalue weighted by Crippen LogP contribution is 2.14. The zero-order valence-electron chi connectivity index (χ0n) is 8.17. The van der Waals surface area contributed by atoms with Crippen molar-refractivity contribution >= 4 is 0 Å². The van der Waals surface area contributed by atoms with Gasteiger partial charge in [0.05, 0.1) is 5.60 Å². The number of nitrogens with one attached hydrogen (secondary N) is 1. The summed E-state index contributed by atoms with van der Waals surface area (Å²) in [6.45, 7) is 5.71. The molecule has 0 bridgehead atoms. The fraction of sp³-hybridized carbons (Fsp3) is 0.800. The first-order valence-electron chi connectivity index (χ1n) is 4.63. The quantitative estimate of drug-likeness (QED) is 0.627. The maximum atomic E-state index is 9.66. The van der Waals surface area contributed by atoms with E-state index in [0.717, 1.165) is 12.8 Å². The van der Waals surface area contributed by atoms with Crippen molar-refractivity contribution in [1.82, 2.24) is 5.32 Å². The van der Waals surface area contributed by atoms with Crippen molar-refractivity contribution in [3.8, 4) is 0 Å². The second-order valence-electron chi connectivity index (χ2n) is 4.18. The van der Waals surface area contributed by atoms with Crippen LogP contribution >= 0.6 is 0 Å². The molecule has 1 aliphatic rings. The third-order valence-corrected chi connectivity index (χ3v) is 2.55. The van der Waals surface area contributed by atoms with Gasteiger partial charge >= 0.3 is 0 Å². The maximum Gasteiger partial charge on any atom is 0.0741 e. The molecule has 0 aliphatic heterocycles. The molecule has 1 unspecified atom stereocenters. The second kappa shape index (κ2) is 3.58. The summed E-state index contributed by atoms with van der Waals surface area (Å²) in [6, 6.07) is 0.689. The first kappa shape index (κ1) is 9.75. The first-order chi connectivity index (χ1) is 5.50. The lowest BCUT2D eigenvalue weighted by atomic mass is 9.99. The van der Waals surface area contributed by atoms with Gasteiger partial charge in [0.25, 0.3) is 0 Å². The zero-order chi connectivity index (χ0) is 9.19. The van der Waals surface area contributed by atoms with Gasteiger partial charge in [-0.15, -0.1) is 0 Å². The van der Waals surface area contributed by atoms with Crippen LogP contribution in [0.4, 0.5) is 0 Å². The van der Waals surface area contributed by atoms with Crippen molar-refractivity contribution in [1.29, 1.82) is 0 Å². The van der Waals surface area contributed by atoms with Gasteiger partial charge in [0.2, 0.25) is 0 Å². The van der Waals surface area contributed by atoms with Crippen molar-refractivity contribution in [2.24, 2.45) is 0 Å². The molecule has 1 aliphatic carbocycles. The first-order valence-corrected chi connectivity index (χ1v) is 4.63. The van der Waals surface area contributed by atoms with E-state index >= 15 is 0 Å². The van der Waals surface area contributed by atoms with E-state index in [1.807, 2.05) is 20.8 Å². The van der Waals surface area contributed by atoms with Crippen LogP contribution in [0.5, 0.6) is 0 Å². The highest BCUT2D eigenvalue weighted by atomic mass is 16.3. The molecule has 0 aromatic heterocycles. The van der Waals surface area contributed by atoms with Gasteiger partial charge in [0.15, 0.2) is 0 Å². The van der Waals surface area contributed by atoms with Crippen LogP contribution in [0.3, 0.4) is 0 Å². The number of hydrogen-bond donors (Lipinski definition) is 2. The Morgan fingerprint density at radius 3 is 2.33 bits per heavy atom. The molecule has 0 fully saturated rings. The number of hydrogen-bond acceptors (Lipinski definition) is 2. The Kier molecular flexibility index (Phi) is 2.91. The Morgan fingerprint density at radius 2 is 1.92 bits per heavy atom. The predicted octanol–water partition coefficient (Wildman–Crippen LogP) is 1.45. The Morgan fingerprint density at radius 1 is 1.42 bits per heavy atom. The molecule has 0 amide bonds. The second-order valence-corrected chi connectivity index (χ2v) is 4.18. The lowest BCUT2D eigenvalue weighted by Crippen LogP contribution is -2.48. The van der Waals surface area contributed by atoms with Gasteiger partial charge in [-0.3, -0.25) is 0 Å². The molecule has 0 spiro atoms. The normalized spacial score (nSPS) is 21.7. The van der Waals surface area contributed by atoms with E-state index in [4.69, 9.17) is 0 Å². The highest BCUT2D eigenvalue weighted by Gasteiger charge is 2.24. The van der Waals surface area contributed by atoms with Crippen LogP contribution in [0, 0.1) is 0 Å². The van der Waals surface area contributed by atoms with E-state index in [1.165, 1.54) is 0 Å². The minimum atomic E-state index is -0.622. The van der Waals surface area contributed by atoms with Crippen molar-refractivity contribution in [3.05, 3.63) is 12.2 Å². The van der Waals surface area contributed by atoms with Crippen molar-refractivity contribution in [3.63, 3.8) is 0 Å². The Balaban J connectivity index is 2.31. The van der Waals surface area contributed by atoms with Crippen LogP contribution in [0.15, 0.2) is 12.2 Å². The average molecular weight is 169 g/mol. The van der Waals surface area contributed by atoms with Gasteiger partial charge in [0, 0.05) is 12.1 Å². The molecule has 0 aromatic rings. The zero-order valence-corrected chi connectivity index (χ0v) is 8.17. The third-order valence-electron chi connectivity index (χ3n) is 2.55. The van der Waals surface area contributed by atoms with Crippen LogP contribution in [-0.4, -0.2) is 22.8 Å². The summed E-state index contributed by atoms with van der Waals surface area (Å²) >= 11 is 0. The number of rotatable bonds is 3. The van der Waals surface area contributed by atoms with Gasteiger partial charge in [-0.25, -0.2) is 0 Å². The topological polar surface area (TPSA) is 32.3 Å². The minimum absolute atomic E-state index is 0.155. The molecule has 1 rings (SSSR count). The third kappa shape index (κ3) is 2.61. The van der Waals surface area contributed by atoms with Gasteiger partial charge < -0.3 is 10.4 Å². The molecule has 0 heterocycles. The van der Waals surface area contributed by atoms with E-state index in [-0.39, 0.29) is 6.04 Å². The predicted molar refractivity (Wildman–Crippen MR) is 51.1 cm³/mol. The van der Waals surface area contributed by atoms with Crippen LogP contribution in [0.2, 0.25) is 0 Å². The molecule has 0 saturated heterocycles. The molecule has 70 valence electrons. The summed E-state index contributed by atoms with van der Waals surface area (Å²) in [7, 11) is 0. The molecule has 0 saturated carbocycles. The lowest BCUT2D eigenvalue weighted by Gasteiger charge is -2.29. The average Bonchev–Trinajstić information content (AvgIpc) is 2.37. The summed E-state index contributed by atoms with van der Waals surface area (Å²) in [5.74, 6) is 0. The monoisotopic (exact) mass is 169 g/mol. The maximum absolute atomic E-state index is 9.66. The smallest absolute Gasteiger partial charge is 0.0741 e. The summed E-state index contributed by atoms with van der Waals surface area (Å²) in [4.78, 5) is 0. The SMILES string of the molecule is CC(NC1CC=CC1)C(C)(C)O. The Hall–Kier alpha value is -0.340. The van der Waals surface area contributed by atoms with E-state index < -0.39 is 5.60 Å². The summed E-state index contributed by atoms with van der Waals surface area (Å²) in [5, 5.41) is 13.1. The van der Waals surface area contributed by atoms with E-state index in [0.29, 0.717) is 6.04 Å². The van der Waals surface area contributed by atoms with Gasteiger partial charge in [-0.05, 0) is 33.6 Å². The molecule has 2 N–H and O–H groups in total. The lowest BCUT2D eigenvalue weighted by molar-refractivity contribution is 0.0403. The molecule has 2 heteroatoms. The van der Waals surface area contributed by atoms with Crippen molar-refractivity contribution in [2.45, 2.75) is 51.3 Å². The van der Waals surface area contributed by atoms with Crippen LogP contribution in [0.1, 0.15) is 33.6 Å². The van der Waals surface area contributed by atoms with Crippen molar-refractivity contribution in [2.75, 3.05) is 0 Å². The molecule has 0 aromatic carbocycles. The molecule has 1 atom stereocenters. The van der Waals surface area contributed by atoms with E-state index in [1.54, 1.807) is 0 Å². The van der Waals surface area contributed by atoms with Gasteiger partial charge in [-0.1, -0.05) is 12.2 Å². The summed E-state index contributed by atoms with van der Waals surface area (Å²) in [5.41, 5.74) is -0.622. The fourth-order valence-corrected chi connectivity index (χ4v) is 1.31. The van der Waals surface area contributed by atoms with Crippen molar-refractivity contribution < 1.29 is 5.11 Å². The molecular formula is C10H19NO. The van der Waals surface area contributed by atoms with Crippen LogP contribution in [-0.2, 0) is 0 Å². The van der Waals surface area contributed by atoms with Crippen LogP contribution in [0.25, 0.3) is 0 Å². The molecule has 12 heavy (non-hydrogen) atoms. The minimum Gasteiger partial charge on any atom is -0.389 e. The largest absolute Gasteiger partial charge is 0.389 e. The highest BCUT2D eigenvalue weighted by molar-refractivity contribution is 4.99. The molecular weight excluding hydrogens is 150 g/mol. The Labute approximate surface area is 74.7 Å². The molecule has 0 radical (unpaired) electrons. The Bertz CT molecular complexity index is 161. The summed E-state index contributed by atoms with van der Waals surface area (Å²) < 4.78 is 0. The van der Waals surface area contributed by atoms with Gasteiger partial charge in [-0.2, -0.15) is 0 Å². The fourth-order valence-electron chi connectivity index (χ4n) is 1.31.